The molecule has 1 aliphatic carbocycles. The van der Waals surface area contributed by atoms with E-state index in [1.807, 2.05) is 10.9 Å². The molecule has 3 heterocycles. The fourth-order valence-corrected chi connectivity index (χ4v) is 6.51. The molecule has 1 saturated carbocycles. The van der Waals surface area contributed by atoms with Crippen LogP contribution in [0.3, 0.4) is 0 Å². The van der Waals surface area contributed by atoms with Crippen molar-refractivity contribution >= 4 is 42.8 Å². The number of rotatable bonds is 12. The Balaban J connectivity index is 1.37. The lowest BCUT2D eigenvalue weighted by molar-refractivity contribution is -0.141. The fourth-order valence-electron chi connectivity index (χ4n) is 5.75. The number of benzene rings is 1. The molecule has 1 saturated heterocycles. The lowest BCUT2D eigenvalue weighted by Gasteiger charge is -2.26. The molecule has 2 fully saturated rings. The molecule has 2 aliphatic rings. The third-order valence-corrected chi connectivity index (χ3v) is 10.3. The number of likely N-dealkylation sites (tertiary alicyclic amines) is 1. The second-order valence-corrected chi connectivity index (χ2v) is 18.9. The fraction of sp³-hybridized carbons (Fsp3) is 0.531. The normalized spacial score (nSPS) is 20.7. The van der Waals surface area contributed by atoms with E-state index in [2.05, 4.69) is 29.9 Å². The summed E-state index contributed by atoms with van der Waals surface area (Å²) in [5.74, 6) is -0.533. The minimum Gasteiger partial charge on any atom is -0.489 e. The summed E-state index contributed by atoms with van der Waals surface area (Å²) in [4.78, 5) is 42.2. The Morgan fingerprint density at radius 3 is 2.59 bits per heavy atom. The van der Waals surface area contributed by atoms with E-state index in [9.17, 15) is 27.6 Å². The first-order valence-corrected chi connectivity index (χ1v) is 19.4. The number of alkyl halides is 3. The molecule has 0 spiro atoms. The highest BCUT2D eigenvalue weighted by Crippen LogP contribution is 2.35. The van der Waals surface area contributed by atoms with Crippen molar-refractivity contribution in [2.45, 2.75) is 82.5 Å². The van der Waals surface area contributed by atoms with Gasteiger partial charge in [0, 0.05) is 44.7 Å². The highest BCUT2D eigenvalue weighted by Gasteiger charge is 2.34. The second-order valence-electron chi connectivity index (χ2n) is 13.3. The first-order chi connectivity index (χ1) is 21.8. The number of pyridine rings is 1. The number of aldehydes is 1. The highest BCUT2D eigenvalue weighted by atomic mass is 28.3. The zero-order valence-electron chi connectivity index (χ0n) is 26.3. The van der Waals surface area contributed by atoms with E-state index in [0.717, 1.165) is 50.1 Å². The number of carbonyl (C=O) groups excluding carboxylic acids is 3. The van der Waals surface area contributed by atoms with Crippen LogP contribution in [0, 0.1) is 5.92 Å². The largest absolute Gasteiger partial charge is 0.489 e. The van der Waals surface area contributed by atoms with Crippen molar-refractivity contribution in [2.75, 3.05) is 25.3 Å². The highest BCUT2D eigenvalue weighted by molar-refractivity contribution is 6.76. The smallest absolute Gasteiger partial charge is 0.433 e. The number of halogens is 3. The topological polar surface area (TPSA) is 116 Å². The van der Waals surface area contributed by atoms with Crippen molar-refractivity contribution in [2.24, 2.45) is 5.92 Å². The van der Waals surface area contributed by atoms with Crippen molar-refractivity contribution in [3.05, 3.63) is 47.9 Å². The monoisotopic (exact) mass is 659 g/mol. The third-order valence-electron chi connectivity index (χ3n) is 8.56. The lowest BCUT2D eigenvalue weighted by Crippen LogP contribution is -2.39. The summed E-state index contributed by atoms with van der Waals surface area (Å²) < 4.78 is 53.8. The Bertz CT molecular complexity index is 1570. The van der Waals surface area contributed by atoms with Gasteiger partial charge in [0.05, 0.1) is 23.3 Å². The number of fused-ring (bicyclic) bond motifs is 1. The number of nitrogens with one attached hydrogen (secondary N) is 1. The average molecular weight is 660 g/mol. The second kappa shape index (κ2) is 13.9. The predicted octanol–water partition coefficient (Wildman–Crippen LogP) is 6.31. The molecule has 1 aromatic carbocycles. The van der Waals surface area contributed by atoms with E-state index in [0.29, 0.717) is 30.4 Å². The molecule has 248 valence electrons. The summed E-state index contributed by atoms with van der Waals surface area (Å²) in [5.41, 5.74) is -0.720. The van der Waals surface area contributed by atoms with Crippen LogP contribution in [-0.2, 0) is 20.5 Å². The molecule has 0 bridgehead atoms. The quantitative estimate of drug-likeness (QED) is 0.138. The Morgan fingerprint density at radius 1 is 1.13 bits per heavy atom. The van der Waals surface area contributed by atoms with E-state index in [-0.39, 0.29) is 48.7 Å². The summed E-state index contributed by atoms with van der Waals surface area (Å²) in [7, 11) is -1.29. The number of carbonyl (C=O) groups is 3. The van der Waals surface area contributed by atoms with Crippen LogP contribution in [0.1, 0.15) is 60.7 Å². The van der Waals surface area contributed by atoms with Gasteiger partial charge in [0.25, 0.3) is 5.91 Å². The number of anilines is 1. The molecular formula is C32H40F3N5O5Si. The molecule has 1 atom stereocenters. The Labute approximate surface area is 266 Å². The van der Waals surface area contributed by atoms with E-state index >= 15 is 0 Å². The summed E-state index contributed by atoms with van der Waals surface area (Å²) >= 11 is 0. The van der Waals surface area contributed by atoms with Crippen LogP contribution in [0.25, 0.3) is 10.9 Å². The summed E-state index contributed by atoms with van der Waals surface area (Å²) in [5, 5.41) is 8.14. The van der Waals surface area contributed by atoms with Gasteiger partial charge in [-0.05, 0) is 56.3 Å². The maximum Gasteiger partial charge on any atom is 0.433 e. The van der Waals surface area contributed by atoms with Gasteiger partial charge in [-0.2, -0.15) is 18.3 Å². The molecule has 1 aliphatic heterocycles. The van der Waals surface area contributed by atoms with Crippen LogP contribution in [0.15, 0.2) is 36.5 Å². The summed E-state index contributed by atoms with van der Waals surface area (Å²) in [6, 6.07) is 7.34. The predicted molar refractivity (Wildman–Crippen MR) is 168 cm³/mol. The number of amides is 2. The molecule has 1 N–H and O–H groups in total. The Kier molecular flexibility index (Phi) is 10.2. The molecule has 3 aromatic rings. The number of hydrogen-bond acceptors (Lipinski definition) is 7. The van der Waals surface area contributed by atoms with Gasteiger partial charge < -0.3 is 24.5 Å². The maximum atomic E-state index is 13.3. The maximum absolute atomic E-state index is 13.3. The molecule has 46 heavy (non-hydrogen) atoms. The van der Waals surface area contributed by atoms with Gasteiger partial charge >= 0.3 is 6.18 Å². The van der Waals surface area contributed by atoms with Crippen LogP contribution in [-0.4, -0.2) is 71.8 Å². The zero-order valence-corrected chi connectivity index (χ0v) is 27.3. The molecule has 2 amide bonds. The average Bonchev–Trinajstić information content (AvgIpc) is 3.59. The van der Waals surface area contributed by atoms with Crippen molar-refractivity contribution in [1.29, 1.82) is 0 Å². The van der Waals surface area contributed by atoms with E-state index < -0.39 is 31.5 Å². The van der Waals surface area contributed by atoms with E-state index in [1.165, 1.54) is 6.07 Å². The molecule has 0 radical (unpaired) electrons. The van der Waals surface area contributed by atoms with Crippen LogP contribution in [0.2, 0.25) is 25.7 Å². The molecule has 10 nitrogen and oxygen atoms in total. The van der Waals surface area contributed by atoms with Crippen LogP contribution in [0.5, 0.6) is 5.75 Å². The van der Waals surface area contributed by atoms with E-state index in [4.69, 9.17) is 14.6 Å². The number of hydrogen-bond donors (Lipinski definition) is 1. The van der Waals surface area contributed by atoms with Gasteiger partial charge in [0.1, 0.15) is 36.8 Å². The van der Waals surface area contributed by atoms with Crippen molar-refractivity contribution in [3.63, 3.8) is 0 Å². The van der Waals surface area contributed by atoms with Crippen LogP contribution in [0.4, 0.5) is 18.9 Å². The SMILES string of the molecule is C[Si](C)(C)CCOCN1C(=O)CC[C@@H]1COc1cc2nn([C@H]3CC[C@H](C=O)CC3)cc2cc1NC(=O)c1cccc(C(F)(F)F)n1. The Hall–Kier alpha value is -3.78. The summed E-state index contributed by atoms with van der Waals surface area (Å²) in [6.07, 6.45) is 2.27. The van der Waals surface area contributed by atoms with Gasteiger partial charge in [0.15, 0.2) is 0 Å². The molecule has 2 aromatic heterocycles. The van der Waals surface area contributed by atoms with Gasteiger partial charge in [-0.25, -0.2) is 4.98 Å². The zero-order chi connectivity index (χ0) is 33.1. The lowest BCUT2D eigenvalue weighted by atomic mass is 9.87. The first kappa shape index (κ1) is 33.6. The van der Waals surface area contributed by atoms with E-state index in [1.54, 1.807) is 17.0 Å². The van der Waals surface area contributed by atoms with Crippen LogP contribution < -0.4 is 10.1 Å². The third kappa shape index (κ3) is 8.32. The standard InChI is InChI=1S/C32H40F3N5O5Si/c1-46(2,3)14-13-44-20-39-24(11-12-30(39)42)19-45-28-16-26-22(17-40(38-26)23-9-7-21(18-41)8-10-23)15-27(28)37-31(43)25-5-4-6-29(36-25)32(33,34)35/h4-6,15-18,21,23-24H,7-14,19-20H2,1-3H3,(H,37,43)/t21-,23-,24-/m1/s1. The summed E-state index contributed by atoms with van der Waals surface area (Å²) in [6.45, 7) is 7.62. The Morgan fingerprint density at radius 2 is 1.89 bits per heavy atom. The number of nitrogens with zero attached hydrogens (tertiary/aromatic N) is 4. The van der Waals surface area contributed by atoms with Gasteiger partial charge in [-0.1, -0.05) is 25.7 Å². The van der Waals surface area contributed by atoms with Gasteiger partial charge in [-0.3, -0.25) is 14.3 Å². The number of ether oxygens (including phenoxy) is 2. The molecule has 14 heteroatoms. The van der Waals surface area contributed by atoms with Gasteiger partial charge in [0.2, 0.25) is 5.91 Å². The number of aromatic nitrogens is 3. The molecule has 5 rings (SSSR count). The van der Waals surface area contributed by atoms with Crippen molar-refractivity contribution < 1.29 is 37.0 Å². The minimum atomic E-state index is -4.70. The van der Waals surface area contributed by atoms with Crippen LogP contribution >= 0.6 is 0 Å². The van der Waals surface area contributed by atoms with Crippen molar-refractivity contribution in [3.8, 4) is 5.75 Å². The molecule has 0 unspecified atom stereocenters. The van der Waals surface area contributed by atoms with Gasteiger partial charge in [-0.15, -0.1) is 0 Å². The van der Waals surface area contributed by atoms with Crippen molar-refractivity contribution in [1.82, 2.24) is 19.7 Å². The minimum absolute atomic E-state index is 0.0238. The first-order valence-electron chi connectivity index (χ1n) is 15.6. The molecular weight excluding hydrogens is 619 g/mol.